The van der Waals surface area contributed by atoms with Crippen molar-refractivity contribution in [2.75, 3.05) is 0 Å². The number of rotatable bonds is 5. The lowest BCUT2D eigenvalue weighted by atomic mass is 10.1. The molecule has 0 bridgehead atoms. The minimum Gasteiger partial charge on any atom is -0.264 e. The van der Waals surface area contributed by atoms with Gasteiger partial charge in [-0.1, -0.05) is 19.3 Å². The van der Waals surface area contributed by atoms with Gasteiger partial charge in [-0.2, -0.15) is 0 Å². The van der Waals surface area contributed by atoms with Crippen molar-refractivity contribution in [1.82, 2.24) is 0 Å². The van der Waals surface area contributed by atoms with Crippen molar-refractivity contribution in [3.05, 3.63) is 10.1 Å². The van der Waals surface area contributed by atoms with E-state index in [1.807, 2.05) is 0 Å². The van der Waals surface area contributed by atoms with Crippen LogP contribution in [0.25, 0.3) is 0 Å². The summed E-state index contributed by atoms with van der Waals surface area (Å²) in [5.74, 6) is 2.06. The van der Waals surface area contributed by atoms with Gasteiger partial charge in [0.25, 0.3) is 0 Å². The Morgan fingerprint density at radius 3 is 2.69 bits per heavy atom. The third kappa shape index (κ3) is 2.20. The lowest BCUT2D eigenvalue weighted by Gasteiger charge is -2.01. The van der Waals surface area contributed by atoms with Gasteiger partial charge in [0.2, 0.25) is 6.04 Å². The maximum Gasteiger partial charge on any atom is 0.213 e. The second-order valence-electron chi connectivity index (χ2n) is 4.71. The van der Waals surface area contributed by atoms with Crippen LogP contribution in [0.3, 0.4) is 0 Å². The zero-order valence-electron chi connectivity index (χ0n) is 8.11. The summed E-state index contributed by atoms with van der Waals surface area (Å²) in [4.78, 5) is 10.4. The Morgan fingerprint density at radius 2 is 2.15 bits per heavy atom. The lowest BCUT2D eigenvalue weighted by Crippen LogP contribution is -2.18. The molecular weight excluding hydrogens is 166 g/mol. The molecule has 2 saturated carbocycles. The van der Waals surface area contributed by atoms with E-state index in [1.54, 1.807) is 6.92 Å². The minimum absolute atomic E-state index is 0.123. The quantitative estimate of drug-likeness (QED) is 0.485. The molecule has 0 aromatic rings. The first-order chi connectivity index (χ1) is 6.18. The second-order valence-corrected chi connectivity index (χ2v) is 4.71. The Bertz CT molecular complexity index is 213. The van der Waals surface area contributed by atoms with Crippen LogP contribution >= 0.6 is 0 Å². The molecule has 0 spiro atoms. The van der Waals surface area contributed by atoms with Crippen LogP contribution in [0.1, 0.15) is 39.0 Å². The van der Waals surface area contributed by atoms with Gasteiger partial charge >= 0.3 is 0 Å². The van der Waals surface area contributed by atoms with Gasteiger partial charge in [0.05, 0.1) is 0 Å². The van der Waals surface area contributed by atoms with E-state index in [9.17, 15) is 10.1 Å². The fourth-order valence-corrected chi connectivity index (χ4v) is 2.21. The second kappa shape index (κ2) is 3.28. The summed E-state index contributed by atoms with van der Waals surface area (Å²) in [5.41, 5.74) is 0. The molecule has 3 heteroatoms. The van der Waals surface area contributed by atoms with Crippen LogP contribution in [0.4, 0.5) is 0 Å². The highest BCUT2D eigenvalue weighted by molar-refractivity contribution is 4.91. The van der Waals surface area contributed by atoms with Crippen molar-refractivity contribution in [1.29, 1.82) is 0 Å². The van der Waals surface area contributed by atoms with Crippen molar-refractivity contribution >= 4 is 0 Å². The van der Waals surface area contributed by atoms with E-state index >= 15 is 0 Å². The smallest absolute Gasteiger partial charge is 0.213 e. The Kier molecular flexibility index (Phi) is 2.26. The minimum atomic E-state index is -0.302. The van der Waals surface area contributed by atoms with Gasteiger partial charge < -0.3 is 0 Å². The highest BCUT2D eigenvalue weighted by atomic mass is 16.6. The monoisotopic (exact) mass is 183 g/mol. The average Bonchev–Trinajstić information content (AvgIpc) is 2.95. The maximum absolute atomic E-state index is 10.5. The molecule has 2 rings (SSSR count). The predicted molar refractivity (Wildman–Crippen MR) is 50.0 cm³/mol. The topological polar surface area (TPSA) is 43.1 Å². The van der Waals surface area contributed by atoms with Crippen molar-refractivity contribution in [2.45, 2.75) is 45.1 Å². The van der Waals surface area contributed by atoms with Crippen molar-refractivity contribution in [3.63, 3.8) is 0 Å². The Morgan fingerprint density at radius 1 is 1.46 bits per heavy atom. The number of hydrogen-bond donors (Lipinski definition) is 0. The average molecular weight is 183 g/mol. The highest BCUT2D eigenvalue weighted by Gasteiger charge is 2.46. The first-order valence-corrected chi connectivity index (χ1v) is 5.32. The molecule has 0 aliphatic heterocycles. The third-order valence-electron chi connectivity index (χ3n) is 3.57. The summed E-state index contributed by atoms with van der Waals surface area (Å²) in [7, 11) is 0. The summed E-state index contributed by atoms with van der Waals surface area (Å²) < 4.78 is 0. The first kappa shape index (κ1) is 8.97. The summed E-state index contributed by atoms with van der Waals surface area (Å²) >= 11 is 0. The van der Waals surface area contributed by atoms with Crippen LogP contribution in [0.5, 0.6) is 0 Å². The zero-order chi connectivity index (χ0) is 9.42. The van der Waals surface area contributed by atoms with E-state index in [2.05, 4.69) is 0 Å². The number of nitrogens with zero attached hydrogens (tertiary/aromatic N) is 1. The zero-order valence-corrected chi connectivity index (χ0v) is 8.11. The number of hydrogen-bond acceptors (Lipinski definition) is 2. The molecule has 2 fully saturated rings. The van der Waals surface area contributed by atoms with Gasteiger partial charge in [0, 0.05) is 17.8 Å². The lowest BCUT2D eigenvalue weighted by molar-refractivity contribution is -0.523. The largest absolute Gasteiger partial charge is 0.264 e. The van der Waals surface area contributed by atoms with Crippen molar-refractivity contribution in [2.24, 2.45) is 17.8 Å². The summed E-state index contributed by atoms with van der Waals surface area (Å²) in [6.07, 6.45) is 6.48. The van der Waals surface area contributed by atoms with Gasteiger partial charge in [-0.3, -0.25) is 10.1 Å². The fourth-order valence-electron chi connectivity index (χ4n) is 2.21. The third-order valence-corrected chi connectivity index (χ3v) is 3.57. The molecule has 0 aromatic carbocycles. The molecule has 0 radical (unpaired) electrons. The molecule has 0 heterocycles. The Balaban J connectivity index is 1.65. The maximum atomic E-state index is 10.5. The Hall–Kier alpha value is -0.600. The van der Waals surface area contributed by atoms with Gasteiger partial charge in [-0.05, 0) is 24.7 Å². The van der Waals surface area contributed by atoms with Gasteiger partial charge in [-0.25, -0.2) is 0 Å². The molecule has 3 nitrogen and oxygen atoms in total. The molecule has 2 aliphatic rings. The van der Waals surface area contributed by atoms with Crippen LogP contribution in [0.15, 0.2) is 0 Å². The first-order valence-electron chi connectivity index (χ1n) is 5.32. The fraction of sp³-hybridized carbons (Fsp3) is 1.00. The predicted octanol–water partition coefficient (Wildman–Crippen LogP) is 2.48. The van der Waals surface area contributed by atoms with Crippen LogP contribution in [0.2, 0.25) is 0 Å². The molecule has 74 valence electrons. The summed E-state index contributed by atoms with van der Waals surface area (Å²) in [6, 6.07) is -0.302. The SMILES string of the molecule is CC(C1CC1CCC1CC1)[N+](=O)[O-]. The van der Waals surface area contributed by atoms with E-state index in [0.717, 1.165) is 12.3 Å². The molecule has 0 amide bonds. The summed E-state index contributed by atoms with van der Waals surface area (Å²) in [5, 5.41) is 10.5. The molecule has 3 unspecified atom stereocenters. The van der Waals surface area contributed by atoms with Gasteiger partial charge in [-0.15, -0.1) is 0 Å². The van der Waals surface area contributed by atoms with Crippen LogP contribution in [0, 0.1) is 27.9 Å². The van der Waals surface area contributed by atoms with Crippen molar-refractivity contribution in [3.8, 4) is 0 Å². The standard InChI is InChI=1S/C10H17NO2/c1-7(11(12)13)10-6-9(10)5-4-8-2-3-8/h7-10H,2-6H2,1H3. The number of nitro groups is 1. The van der Waals surface area contributed by atoms with Crippen LogP contribution < -0.4 is 0 Å². The van der Waals surface area contributed by atoms with Crippen molar-refractivity contribution < 1.29 is 4.92 Å². The molecule has 3 atom stereocenters. The summed E-state index contributed by atoms with van der Waals surface area (Å²) in [6.45, 7) is 1.75. The van der Waals surface area contributed by atoms with Gasteiger partial charge in [0.15, 0.2) is 0 Å². The van der Waals surface area contributed by atoms with Crippen LogP contribution in [-0.2, 0) is 0 Å². The van der Waals surface area contributed by atoms with E-state index in [-0.39, 0.29) is 11.0 Å². The van der Waals surface area contributed by atoms with E-state index in [4.69, 9.17) is 0 Å². The molecular formula is C10H17NO2. The molecule has 13 heavy (non-hydrogen) atoms. The molecule has 0 N–H and O–H groups in total. The van der Waals surface area contributed by atoms with Gasteiger partial charge in [0.1, 0.15) is 0 Å². The van der Waals surface area contributed by atoms with E-state index < -0.39 is 0 Å². The molecule has 2 aliphatic carbocycles. The Labute approximate surface area is 78.7 Å². The molecule has 0 saturated heterocycles. The molecule has 0 aromatic heterocycles. The normalized spacial score (nSPS) is 34.2. The van der Waals surface area contributed by atoms with E-state index in [1.165, 1.54) is 25.7 Å². The highest BCUT2D eigenvalue weighted by Crippen LogP contribution is 2.47. The van der Waals surface area contributed by atoms with Crippen LogP contribution in [-0.4, -0.2) is 11.0 Å². The van der Waals surface area contributed by atoms with E-state index in [0.29, 0.717) is 11.8 Å².